The van der Waals surface area contributed by atoms with E-state index in [-0.39, 0.29) is 26.1 Å². The molecular formula is C50H86NO9P. The first-order valence-electron chi connectivity index (χ1n) is 23.4. The number of allylic oxidation sites excluding steroid dienone is 13. The summed E-state index contributed by atoms with van der Waals surface area (Å²) < 4.78 is 33.7. The molecule has 2 unspecified atom stereocenters. The Balaban J connectivity index is 4.58. The van der Waals surface area contributed by atoms with Gasteiger partial charge >= 0.3 is 11.9 Å². The van der Waals surface area contributed by atoms with Gasteiger partial charge in [0.25, 0.3) is 7.82 Å². The Morgan fingerprint density at radius 1 is 0.607 bits per heavy atom. The number of rotatable bonds is 41. The molecule has 1 N–H and O–H groups in total. The van der Waals surface area contributed by atoms with Gasteiger partial charge in [-0.1, -0.05) is 150 Å². The zero-order valence-electron chi connectivity index (χ0n) is 38.9. The minimum absolute atomic E-state index is 0.0410. The van der Waals surface area contributed by atoms with Gasteiger partial charge in [0.05, 0.1) is 33.9 Å². The van der Waals surface area contributed by atoms with Crippen molar-refractivity contribution in [3.05, 3.63) is 85.1 Å². The standard InChI is InChI=1S/C50H86NO9P/c1-6-8-10-12-14-16-18-20-21-22-23-24-25-27-29-31-33-35-37-41-50(54)60-48(46-59-61(55,56)58-44-43-51(3,4)5)45-57-49(53)42-38-40-47(52)39-36-34-32-30-28-26-19-17-15-13-11-9-7-2/h14,16,20-21,23-24,26-29,32,34,36,39,47-48,52H,6-13,15,17-19,22,25,30-31,33,35,37-38,40-46H2,1-5H3/b16-14-,21-20-,24-23-,28-26+,29-27-,34-32+,39-36+/t47?,48-/m1/s1. The average molecular weight is 876 g/mol. The number of ether oxygens (including phenoxy) is 2. The highest BCUT2D eigenvalue weighted by atomic mass is 31.2. The number of hydrogen-bond acceptors (Lipinski definition) is 9. The number of quaternary nitrogens is 1. The second kappa shape index (κ2) is 41.2. The maximum Gasteiger partial charge on any atom is 0.306 e. The summed E-state index contributed by atoms with van der Waals surface area (Å²) in [5, 5.41) is 10.3. The molecule has 0 saturated heterocycles. The molecule has 0 rings (SSSR count). The van der Waals surface area contributed by atoms with Gasteiger partial charge in [0.2, 0.25) is 0 Å². The second-order valence-corrected chi connectivity index (χ2v) is 18.0. The van der Waals surface area contributed by atoms with Gasteiger partial charge in [0.15, 0.2) is 6.10 Å². The molecule has 0 radical (unpaired) electrons. The maximum absolute atomic E-state index is 12.7. The zero-order valence-corrected chi connectivity index (χ0v) is 39.8. The van der Waals surface area contributed by atoms with Gasteiger partial charge in [-0.3, -0.25) is 14.2 Å². The van der Waals surface area contributed by atoms with Crippen molar-refractivity contribution >= 4 is 19.8 Å². The Morgan fingerprint density at radius 2 is 1.10 bits per heavy atom. The first kappa shape index (κ1) is 58.1. The van der Waals surface area contributed by atoms with Crippen molar-refractivity contribution in [3.63, 3.8) is 0 Å². The van der Waals surface area contributed by atoms with Crippen LogP contribution >= 0.6 is 7.82 Å². The first-order valence-corrected chi connectivity index (χ1v) is 24.9. The lowest BCUT2D eigenvalue weighted by Gasteiger charge is -2.28. The van der Waals surface area contributed by atoms with Crippen LogP contribution in [-0.2, 0) is 32.7 Å². The van der Waals surface area contributed by atoms with Crippen molar-refractivity contribution in [2.45, 2.75) is 174 Å². The number of likely N-dealkylation sites (N-methyl/N-ethyl adjacent to an activating group) is 1. The highest BCUT2D eigenvalue weighted by molar-refractivity contribution is 7.45. The highest BCUT2D eigenvalue weighted by Crippen LogP contribution is 2.38. The molecule has 0 aromatic heterocycles. The number of carbonyl (C=O) groups excluding carboxylic acids is 2. The van der Waals surface area contributed by atoms with Crippen LogP contribution in [-0.4, -0.2) is 81.2 Å². The normalized spacial score (nSPS) is 14.8. The van der Waals surface area contributed by atoms with Gasteiger partial charge in [-0.15, -0.1) is 0 Å². The molecule has 3 atom stereocenters. The van der Waals surface area contributed by atoms with Crippen molar-refractivity contribution in [1.29, 1.82) is 0 Å². The number of esters is 2. The summed E-state index contributed by atoms with van der Waals surface area (Å²) in [6, 6.07) is 0. The molecule has 0 heterocycles. The fourth-order valence-electron chi connectivity index (χ4n) is 5.76. The number of aliphatic hydroxyl groups is 1. The van der Waals surface area contributed by atoms with Gasteiger partial charge in [0, 0.05) is 12.8 Å². The molecule has 0 fully saturated rings. The molecule has 0 saturated carbocycles. The quantitative estimate of drug-likeness (QED) is 0.0159. The monoisotopic (exact) mass is 876 g/mol. The molecule has 0 aliphatic carbocycles. The number of hydrogen-bond donors (Lipinski definition) is 1. The van der Waals surface area contributed by atoms with Crippen molar-refractivity contribution in [2.24, 2.45) is 0 Å². The lowest BCUT2D eigenvalue weighted by atomic mass is 10.1. The van der Waals surface area contributed by atoms with Crippen LogP contribution in [0.2, 0.25) is 0 Å². The van der Waals surface area contributed by atoms with E-state index in [0.717, 1.165) is 51.4 Å². The third-order valence-corrected chi connectivity index (χ3v) is 10.5. The molecule has 0 bridgehead atoms. The van der Waals surface area contributed by atoms with Crippen LogP contribution in [0.5, 0.6) is 0 Å². The van der Waals surface area contributed by atoms with E-state index in [4.69, 9.17) is 18.5 Å². The van der Waals surface area contributed by atoms with Gasteiger partial charge in [-0.2, -0.15) is 0 Å². The number of unbranched alkanes of at least 4 members (excludes halogenated alkanes) is 12. The molecule has 0 aromatic carbocycles. The molecule has 350 valence electrons. The minimum Gasteiger partial charge on any atom is -0.756 e. The summed E-state index contributed by atoms with van der Waals surface area (Å²) in [6.45, 7) is 3.92. The molecule has 0 aromatic rings. The van der Waals surface area contributed by atoms with Crippen molar-refractivity contribution in [2.75, 3.05) is 47.5 Å². The number of phosphoric ester groups is 1. The van der Waals surface area contributed by atoms with Crippen molar-refractivity contribution < 1.29 is 47.2 Å². The van der Waals surface area contributed by atoms with Crippen LogP contribution in [0.4, 0.5) is 0 Å². The summed E-state index contributed by atoms with van der Waals surface area (Å²) in [4.78, 5) is 37.6. The molecule has 10 nitrogen and oxygen atoms in total. The molecule has 0 spiro atoms. The predicted molar refractivity (Wildman–Crippen MR) is 251 cm³/mol. The van der Waals surface area contributed by atoms with Crippen LogP contribution in [0.3, 0.4) is 0 Å². The van der Waals surface area contributed by atoms with Crippen LogP contribution < -0.4 is 4.89 Å². The Hall–Kier alpha value is -2.85. The summed E-state index contributed by atoms with van der Waals surface area (Å²) >= 11 is 0. The lowest BCUT2D eigenvalue weighted by molar-refractivity contribution is -0.870. The van der Waals surface area contributed by atoms with E-state index < -0.39 is 38.6 Å². The van der Waals surface area contributed by atoms with E-state index >= 15 is 0 Å². The van der Waals surface area contributed by atoms with Crippen LogP contribution in [0, 0.1) is 0 Å². The van der Waals surface area contributed by atoms with Gasteiger partial charge in [-0.05, 0) is 83.5 Å². The fraction of sp³-hybridized carbons (Fsp3) is 0.680. The molecule has 11 heteroatoms. The van der Waals surface area contributed by atoms with E-state index in [1.54, 1.807) is 12.2 Å². The van der Waals surface area contributed by atoms with E-state index in [9.17, 15) is 24.2 Å². The lowest BCUT2D eigenvalue weighted by Crippen LogP contribution is -2.37. The average Bonchev–Trinajstić information content (AvgIpc) is 3.21. The molecule has 0 amide bonds. The summed E-state index contributed by atoms with van der Waals surface area (Å²) in [7, 11) is 1.03. The van der Waals surface area contributed by atoms with Crippen molar-refractivity contribution in [3.8, 4) is 0 Å². The Morgan fingerprint density at radius 3 is 1.69 bits per heavy atom. The van der Waals surface area contributed by atoms with Crippen LogP contribution in [0.15, 0.2) is 85.1 Å². The molecule has 0 aliphatic rings. The summed E-state index contributed by atoms with van der Waals surface area (Å²) in [5.74, 6) is -1.08. The highest BCUT2D eigenvalue weighted by Gasteiger charge is 2.22. The van der Waals surface area contributed by atoms with Gasteiger partial charge in [-0.25, -0.2) is 0 Å². The summed E-state index contributed by atoms with van der Waals surface area (Å²) in [6.07, 6.45) is 49.3. The number of aliphatic hydroxyl groups excluding tert-OH is 1. The molecular weight excluding hydrogens is 790 g/mol. The first-order chi connectivity index (χ1) is 29.4. The molecule has 0 aliphatic heterocycles. The SMILES string of the molecule is CCCCC/C=C\C/C=C\C/C=C\C/C=C\CCCCCC(=O)O[C@H](COC(=O)CCCC(O)/C=C/C=C/C/C=C/CCCCCCCC)COP(=O)([O-])OCC[N+](C)(C)C. The van der Waals surface area contributed by atoms with E-state index in [2.05, 4.69) is 74.6 Å². The smallest absolute Gasteiger partial charge is 0.306 e. The number of carbonyl (C=O) groups is 2. The van der Waals surface area contributed by atoms with E-state index in [1.807, 2.05) is 33.3 Å². The minimum atomic E-state index is -4.69. The Bertz CT molecular complexity index is 1330. The van der Waals surface area contributed by atoms with Crippen LogP contribution in [0.1, 0.15) is 162 Å². The zero-order chi connectivity index (χ0) is 45.1. The van der Waals surface area contributed by atoms with Gasteiger partial charge < -0.3 is 33.0 Å². The predicted octanol–water partition coefficient (Wildman–Crippen LogP) is 11.9. The largest absolute Gasteiger partial charge is 0.756 e. The Kier molecular flexibility index (Phi) is 39.3. The fourth-order valence-corrected chi connectivity index (χ4v) is 6.49. The third kappa shape index (κ3) is 45.0. The van der Waals surface area contributed by atoms with E-state index in [1.165, 1.54) is 64.2 Å². The topological polar surface area (TPSA) is 131 Å². The van der Waals surface area contributed by atoms with Crippen LogP contribution in [0.25, 0.3) is 0 Å². The van der Waals surface area contributed by atoms with Crippen molar-refractivity contribution in [1.82, 2.24) is 0 Å². The maximum atomic E-state index is 12.7. The third-order valence-electron chi connectivity index (χ3n) is 9.49. The Labute approximate surface area is 372 Å². The number of nitrogens with zero attached hydrogens (tertiary/aromatic N) is 1. The van der Waals surface area contributed by atoms with E-state index in [0.29, 0.717) is 30.3 Å². The second-order valence-electron chi connectivity index (χ2n) is 16.6. The molecule has 61 heavy (non-hydrogen) atoms. The summed E-state index contributed by atoms with van der Waals surface area (Å²) in [5.41, 5.74) is 0. The van der Waals surface area contributed by atoms with Gasteiger partial charge in [0.1, 0.15) is 19.8 Å². The number of phosphoric acid groups is 1.